The molecule has 13 heavy (non-hydrogen) atoms. The summed E-state index contributed by atoms with van der Waals surface area (Å²) in [5, 5.41) is 0. The van der Waals surface area contributed by atoms with Gasteiger partial charge in [-0.15, -0.1) is 0 Å². The summed E-state index contributed by atoms with van der Waals surface area (Å²) in [6, 6.07) is 6.88. The summed E-state index contributed by atoms with van der Waals surface area (Å²) < 4.78 is 4.51. The van der Waals surface area contributed by atoms with Crippen LogP contribution in [0.5, 0.6) is 0 Å². The van der Waals surface area contributed by atoms with Crippen LogP contribution in [0.1, 0.15) is 5.56 Å². The van der Waals surface area contributed by atoms with Crippen molar-refractivity contribution in [2.24, 2.45) is 0 Å². The maximum Gasteiger partial charge on any atom is 0.309 e. The lowest BCUT2D eigenvalue weighted by molar-refractivity contribution is -0.139. The van der Waals surface area contributed by atoms with Crippen LogP contribution in [0.2, 0.25) is 0 Å². The van der Waals surface area contributed by atoms with E-state index in [1.165, 1.54) is 7.11 Å². The first kappa shape index (κ1) is 9.27. The monoisotopic (exact) mass is 175 g/mol. The maximum absolute atomic E-state index is 10.9. The molecule has 0 saturated heterocycles. The van der Waals surface area contributed by atoms with E-state index in [1.807, 2.05) is 0 Å². The standard InChI is InChI=1S/C10H9NO2/c1-11-9-5-3-8(4-6-9)7-10(12)13-2/h3-6H,7H2,2H3. The van der Waals surface area contributed by atoms with Gasteiger partial charge in [0.2, 0.25) is 0 Å². The van der Waals surface area contributed by atoms with Gasteiger partial charge in [-0.05, 0) is 5.56 Å². The SMILES string of the molecule is [C-]#[N+]c1ccc(CC(=O)OC)cc1. The van der Waals surface area contributed by atoms with E-state index in [0.717, 1.165) is 5.56 Å². The zero-order valence-corrected chi connectivity index (χ0v) is 7.28. The lowest BCUT2D eigenvalue weighted by Crippen LogP contribution is -2.03. The molecule has 0 saturated carbocycles. The molecule has 3 nitrogen and oxygen atoms in total. The first-order chi connectivity index (χ1) is 6.26. The van der Waals surface area contributed by atoms with Crippen molar-refractivity contribution in [1.29, 1.82) is 0 Å². The topological polar surface area (TPSA) is 30.7 Å². The molecule has 0 bridgehead atoms. The molecule has 0 radical (unpaired) electrons. The van der Waals surface area contributed by atoms with Gasteiger partial charge in [0.1, 0.15) is 0 Å². The Morgan fingerprint density at radius 1 is 1.46 bits per heavy atom. The molecule has 0 fully saturated rings. The van der Waals surface area contributed by atoms with E-state index in [0.29, 0.717) is 5.69 Å². The van der Waals surface area contributed by atoms with Gasteiger partial charge >= 0.3 is 5.97 Å². The van der Waals surface area contributed by atoms with Crippen LogP contribution in [-0.4, -0.2) is 13.1 Å². The molecule has 0 amide bonds. The van der Waals surface area contributed by atoms with Crippen LogP contribution in [0, 0.1) is 6.57 Å². The van der Waals surface area contributed by atoms with Gasteiger partial charge in [0.05, 0.1) is 20.1 Å². The minimum absolute atomic E-state index is 0.259. The highest BCUT2D eigenvalue weighted by molar-refractivity contribution is 5.72. The summed E-state index contributed by atoms with van der Waals surface area (Å²) in [4.78, 5) is 14.1. The Hall–Kier alpha value is -1.82. The van der Waals surface area contributed by atoms with E-state index in [9.17, 15) is 4.79 Å². The number of nitrogens with zero attached hydrogens (tertiary/aromatic N) is 1. The van der Waals surface area contributed by atoms with Gasteiger partial charge < -0.3 is 4.74 Å². The third-order valence-electron chi connectivity index (χ3n) is 1.64. The van der Waals surface area contributed by atoms with E-state index in [4.69, 9.17) is 6.57 Å². The molecule has 66 valence electrons. The van der Waals surface area contributed by atoms with Gasteiger partial charge in [-0.1, -0.05) is 24.3 Å². The molecule has 0 aromatic heterocycles. The van der Waals surface area contributed by atoms with Crippen molar-refractivity contribution >= 4 is 11.7 Å². The van der Waals surface area contributed by atoms with Crippen molar-refractivity contribution in [3.8, 4) is 0 Å². The Bertz CT molecular complexity index is 335. The lowest BCUT2D eigenvalue weighted by Gasteiger charge is -1.98. The number of hydrogen-bond acceptors (Lipinski definition) is 2. The number of carbonyl (C=O) groups is 1. The number of methoxy groups -OCH3 is 1. The molecule has 0 aliphatic rings. The summed E-state index contributed by atoms with van der Waals surface area (Å²) in [7, 11) is 1.36. The molecule has 0 atom stereocenters. The molecule has 1 aromatic rings. The number of rotatable bonds is 2. The van der Waals surface area contributed by atoms with E-state index < -0.39 is 0 Å². The molecule has 0 unspecified atom stereocenters. The summed E-state index contributed by atoms with van der Waals surface area (Å²) in [5.41, 5.74) is 1.44. The third kappa shape index (κ3) is 2.60. The van der Waals surface area contributed by atoms with E-state index in [1.54, 1.807) is 24.3 Å². The van der Waals surface area contributed by atoms with Crippen LogP contribution >= 0.6 is 0 Å². The Kier molecular flexibility index (Phi) is 3.04. The second-order valence-corrected chi connectivity index (χ2v) is 2.53. The Labute approximate surface area is 76.8 Å². The quantitative estimate of drug-likeness (QED) is 0.508. The van der Waals surface area contributed by atoms with Crippen molar-refractivity contribution in [1.82, 2.24) is 0 Å². The van der Waals surface area contributed by atoms with Crippen molar-refractivity contribution in [3.05, 3.63) is 41.2 Å². The molecule has 3 heteroatoms. The molecular formula is C10H9NO2. The minimum Gasteiger partial charge on any atom is -0.469 e. The van der Waals surface area contributed by atoms with Crippen molar-refractivity contribution in [2.75, 3.05) is 7.11 Å². The highest BCUT2D eigenvalue weighted by atomic mass is 16.5. The van der Waals surface area contributed by atoms with E-state index in [2.05, 4.69) is 9.58 Å². The fourth-order valence-corrected chi connectivity index (χ4v) is 0.927. The van der Waals surface area contributed by atoms with Gasteiger partial charge in [-0.3, -0.25) is 4.79 Å². The van der Waals surface area contributed by atoms with Crippen LogP contribution in [0.25, 0.3) is 4.85 Å². The molecule has 1 rings (SSSR count). The number of benzene rings is 1. The summed E-state index contributed by atoms with van der Waals surface area (Å²) in [6.45, 7) is 6.73. The normalized spacial score (nSPS) is 8.92. The third-order valence-corrected chi connectivity index (χ3v) is 1.64. The van der Waals surface area contributed by atoms with Crippen LogP contribution in [-0.2, 0) is 16.0 Å². The molecule has 0 N–H and O–H groups in total. The van der Waals surface area contributed by atoms with Gasteiger partial charge in [0.25, 0.3) is 0 Å². The molecular weight excluding hydrogens is 166 g/mol. The van der Waals surface area contributed by atoms with Gasteiger partial charge in [-0.2, -0.15) is 0 Å². The largest absolute Gasteiger partial charge is 0.469 e. The fraction of sp³-hybridized carbons (Fsp3) is 0.200. The molecule has 0 aliphatic heterocycles. The number of ether oxygens (including phenoxy) is 1. The van der Waals surface area contributed by atoms with E-state index >= 15 is 0 Å². The highest BCUT2D eigenvalue weighted by Gasteiger charge is 2.01. The Balaban J connectivity index is 2.71. The molecule has 0 spiro atoms. The fourth-order valence-electron chi connectivity index (χ4n) is 0.927. The zero-order chi connectivity index (χ0) is 9.68. The number of hydrogen-bond donors (Lipinski definition) is 0. The van der Waals surface area contributed by atoms with Crippen LogP contribution in [0.15, 0.2) is 24.3 Å². The number of carbonyl (C=O) groups excluding carboxylic acids is 1. The Morgan fingerprint density at radius 2 is 2.08 bits per heavy atom. The predicted molar refractivity (Wildman–Crippen MR) is 48.4 cm³/mol. The highest BCUT2D eigenvalue weighted by Crippen LogP contribution is 2.12. The summed E-state index contributed by atoms with van der Waals surface area (Å²) in [6.07, 6.45) is 0.259. The van der Waals surface area contributed by atoms with Gasteiger partial charge in [-0.25, -0.2) is 4.85 Å². The van der Waals surface area contributed by atoms with Crippen LogP contribution in [0.4, 0.5) is 5.69 Å². The molecule has 1 aromatic carbocycles. The Morgan fingerprint density at radius 3 is 2.54 bits per heavy atom. The molecule has 0 heterocycles. The predicted octanol–water partition coefficient (Wildman–Crippen LogP) is 1.95. The first-order valence-electron chi connectivity index (χ1n) is 3.79. The maximum atomic E-state index is 10.9. The average Bonchev–Trinajstić information content (AvgIpc) is 2.19. The lowest BCUT2D eigenvalue weighted by atomic mass is 10.1. The first-order valence-corrected chi connectivity index (χ1v) is 3.79. The van der Waals surface area contributed by atoms with Crippen molar-refractivity contribution < 1.29 is 9.53 Å². The van der Waals surface area contributed by atoms with Gasteiger partial charge in [0, 0.05) is 0 Å². The summed E-state index contributed by atoms with van der Waals surface area (Å²) in [5.74, 6) is -0.268. The van der Waals surface area contributed by atoms with Crippen LogP contribution in [0.3, 0.4) is 0 Å². The van der Waals surface area contributed by atoms with E-state index in [-0.39, 0.29) is 12.4 Å². The number of esters is 1. The van der Waals surface area contributed by atoms with Crippen molar-refractivity contribution in [2.45, 2.75) is 6.42 Å². The van der Waals surface area contributed by atoms with Gasteiger partial charge in [0.15, 0.2) is 5.69 Å². The van der Waals surface area contributed by atoms with Crippen LogP contribution < -0.4 is 0 Å². The molecule has 0 aliphatic carbocycles. The average molecular weight is 175 g/mol. The smallest absolute Gasteiger partial charge is 0.309 e. The minimum atomic E-state index is -0.268. The van der Waals surface area contributed by atoms with Crippen molar-refractivity contribution in [3.63, 3.8) is 0 Å². The second kappa shape index (κ2) is 4.27. The summed E-state index contributed by atoms with van der Waals surface area (Å²) >= 11 is 0. The zero-order valence-electron chi connectivity index (χ0n) is 7.28. The second-order valence-electron chi connectivity index (χ2n) is 2.53.